The maximum atomic E-state index is 11.7. The van der Waals surface area contributed by atoms with Crippen LogP contribution in [-0.4, -0.2) is 17.8 Å². The zero-order valence-electron chi connectivity index (χ0n) is 9.76. The molecule has 2 nitrogen and oxygen atoms in total. The molecule has 0 aromatic heterocycles. The van der Waals surface area contributed by atoms with Crippen LogP contribution in [0.1, 0.15) is 46.0 Å². The zero-order chi connectivity index (χ0) is 11.3. The zero-order valence-corrected chi connectivity index (χ0v) is 10.5. The Morgan fingerprint density at radius 3 is 2.53 bits per heavy atom. The Hall–Kier alpha value is -0.240. The molecule has 15 heavy (non-hydrogen) atoms. The summed E-state index contributed by atoms with van der Waals surface area (Å²) in [4.78, 5) is 11.7. The molecule has 2 atom stereocenters. The molecular formula is C12H22ClNO. The number of halogens is 1. The Morgan fingerprint density at radius 1 is 1.40 bits per heavy atom. The first kappa shape index (κ1) is 12.8. The minimum absolute atomic E-state index is 0.181. The van der Waals surface area contributed by atoms with Crippen LogP contribution in [0.5, 0.6) is 0 Å². The predicted octanol–water partition coefficient (Wildman–Crippen LogP) is 2.95. The second-order valence-corrected chi connectivity index (χ2v) is 5.03. The Balaban J connectivity index is 2.26. The van der Waals surface area contributed by atoms with Crippen molar-refractivity contribution in [2.45, 2.75) is 51.3 Å². The van der Waals surface area contributed by atoms with Crippen LogP contribution in [0.15, 0.2) is 0 Å². The lowest BCUT2D eigenvalue weighted by molar-refractivity contribution is -0.125. The maximum Gasteiger partial charge on any atom is 0.223 e. The fourth-order valence-corrected chi connectivity index (χ4v) is 2.63. The summed E-state index contributed by atoms with van der Waals surface area (Å²) in [6, 6.07) is 0. The van der Waals surface area contributed by atoms with Gasteiger partial charge in [-0.1, -0.05) is 20.3 Å². The molecule has 0 aliphatic heterocycles. The molecule has 0 radical (unpaired) electrons. The summed E-state index contributed by atoms with van der Waals surface area (Å²) in [5.41, 5.74) is 0. The molecule has 1 aliphatic carbocycles. The van der Waals surface area contributed by atoms with Gasteiger partial charge in [-0.15, -0.1) is 11.6 Å². The number of carbonyl (C=O) groups excluding carboxylic acids is 1. The summed E-state index contributed by atoms with van der Waals surface area (Å²) in [5.74, 6) is 0.876. The third kappa shape index (κ3) is 3.67. The molecule has 0 aromatic rings. The molecule has 0 saturated heterocycles. The van der Waals surface area contributed by atoms with E-state index in [2.05, 4.69) is 19.2 Å². The number of amides is 1. The molecule has 88 valence electrons. The van der Waals surface area contributed by atoms with Crippen molar-refractivity contribution in [2.75, 3.05) is 6.54 Å². The van der Waals surface area contributed by atoms with Crippen molar-refractivity contribution in [3.63, 3.8) is 0 Å². The van der Waals surface area contributed by atoms with Crippen LogP contribution >= 0.6 is 11.6 Å². The van der Waals surface area contributed by atoms with Gasteiger partial charge >= 0.3 is 0 Å². The van der Waals surface area contributed by atoms with Crippen LogP contribution in [0.4, 0.5) is 0 Å². The molecule has 1 N–H and O–H groups in total. The molecule has 0 aromatic carbocycles. The summed E-state index contributed by atoms with van der Waals surface area (Å²) >= 11 is 6.16. The van der Waals surface area contributed by atoms with Gasteiger partial charge in [-0.05, 0) is 31.6 Å². The average molecular weight is 232 g/mol. The van der Waals surface area contributed by atoms with E-state index in [0.29, 0.717) is 5.92 Å². The van der Waals surface area contributed by atoms with Crippen molar-refractivity contribution < 1.29 is 4.79 Å². The summed E-state index contributed by atoms with van der Waals surface area (Å²) < 4.78 is 0. The van der Waals surface area contributed by atoms with E-state index in [9.17, 15) is 4.79 Å². The normalized spacial score (nSPS) is 25.9. The minimum atomic E-state index is 0.181. The predicted molar refractivity (Wildman–Crippen MR) is 64.1 cm³/mol. The van der Waals surface area contributed by atoms with Crippen molar-refractivity contribution in [2.24, 2.45) is 11.8 Å². The Morgan fingerprint density at radius 2 is 2.07 bits per heavy atom. The molecular weight excluding hydrogens is 210 g/mol. The van der Waals surface area contributed by atoms with Gasteiger partial charge in [0.05, 0.1) is 0 Å². The average Bonchev–Trinajstić information content (AvgIpc) is 2.63. The highest BCUT2D eigenvalue weighted by Crippen LogP contribution is 2.29. The standard InChI is InChI=1S/C12H22ClNO/c1-3-9(4-2)12(15)14-8-10-6-5-7-11(10)13/h9-11H,3-8H2,1-2H3,(H,14,15). The van der Waals surface area contributed by atoms with E-state index >= 15 is 0 Å². The fraction of sp³-hybridized carbons (Fsp3) is 0.917. The summed E-state index contributed by atoms with van der Waals surface area (Å²) in [6.07, 6.45) is 5.33. The van der Waals surface area contributed by atoms with Crippen LogP contribution < -0.4 is 5.32 Å². The van der Waals surface area contributed by atoms with E-state index in [4.69, 9.17) is 11.6 Å². The first-order chi connectivity index (χ1) is 7.19. The largest absolute Gasteiger partial charge is 0.356 e. The lowest BCUT2D eigenvalue weighted by atomic mass is 10.0. The van der Waals surface area contributed by atoms with Gasteiger partial charge in [0.25, 0.3) is 0 Å². The maximum absolute atomic E-state index is 11.7. The number of nitrogens with one attached hydrogen (secondary N) is 1. The molecule has 1 fully saturated rings. The molecule has 0 bridgehead atoms. The number of rotatable bonds is 5. The third-order valence-corrected chi connectivity index (χ3v) is 4.04. The number of hydrogen-bond donors (Lipinski definition) is 1. The molecule has 1 saturated carbocycles. The second-order valence-electron chi connectivity index (χ2n) is 4.47. The lowest BCUT2D eigenvalue weighted by Gasteiger charge is -2.17. The van der Waals surface area contributed by atoms with E-state index in [-0.39, 0.29) is 17.2 Å². The summed E-state index contributed by atoms with van der Waals surface area (Å²) in [6.45, 7) is 4.89. The van der Waals surface area contributed by atoms with E-state index in [1.54, 1.807) is 0 Å². The van der Waals surface area contributed by atoms with E-state index < -0.39 is 0 Å². The minimum Gasteiger partial charge on any atom is -0.356 e. The van der Waals surface area contributed by atoms with Gasteiger partial charge in [0.1, 0.15) is 0 Å². The van der Waals surface area contributed by atoms with Crippen LogP contribution in [0.25, 0.3) is 0 Å². The van der Waals surface area contributed by atoms with Gasteiger partial charge in [0.15, 0.2) is 0 Å². The number of hydrogen-bond acceptors (Lipinski definition) is 1. The molecule has 0 heterocycles. The van der Waals surface area contributed by atoms with Gasteiger partial charge < -0.3 is 5.32 Å². The van der Waals surface area contributed by atoms with Crippen molar-refractivity contribution in [1.29, 1.82) is 0 Å². The quantitative estimate of drug-likeness (QED) is 0.725. The first-order valence-corrected chi connectivity index (χ1v) is 6.54. The molecule has 0 spiro atoms. The van der Waals surface area contributed by atoms with Crippen LogP contribution in [-0.2, 0) is 4.79 Å². The van der Waals surface area contributed by atoms with E-state index in [1.807, 2.05) is 0 Å². The highest BCUT2D eigenvalue weighted by molar-refractivity contribution is 6.20. The van der Waals surface area contributed by atoms with E-state index in [0.717, 1.165) is 32.2 Å². The van der Waals surface area contributed by atoms with Gasteiger partial charge in [0.2, 0.25) is 5.91 Å². The monoisotopic (exact) mass is 231 g/mol. The Kier molecular flexibility index (Phi) is 5.44. The van der Waals surface area contributed by atoms with E-state index in [1.165, 1.54) is 6.42 Å². The summed E-state index contributed by atoms with van der Waals surface area (Å²) in [7, 11) is 0. The topological polar surface area (TPSA) is 29.1 Å². The number of carbonyl (C=O) groups is 1. The third-order valence-electron chi connectivity index (χ3n) is 3.46. The second kappa shape index (κ2) is 6.37. The highest BCUT2D eigenvalue weighted by atomic mass is 35.5. The van der Waals surface area contributed by atoms with Crippen LogP contribution in [0, 0.1) is 11.8 Å². The summed E-state index contributed by atoms with van der Waals surface area (Å²) in [5, 5.41) is 3.30. The Labute approximate surface area is 97.8 Å². The highest BCUT2D eigenvalue weighted by Gasteiger charge is 2.26. The van der Waals surface area contributed by atoms with Crippen molar-refractivity contribution in [1.82, 2.24) is 5.32 Å². The fourth-order valence-electron chi connectivity index (χ4n) is 2.26. The molecule has 2 unspecified atom stereocenters. The van der Waals surface area contributed by atoms with Gasteiger partial charge in [0, 0.05) is 17.8 Å². The molecule has 3 heteroatoms. The first-order valence-electron chi connectivity index (χ1n) is 6.10. The Bertz CT molecular complexity index is 204. The molecule has 1 aliphatic rings. The van der Waals surface area contributed by atoms with Crippen molar-refractivity contribution >= 4 is 17.5 Å². The SMILES string of the molecule is CCC(CC)C(=O)NCC1CCCC1Cl. The van der Waals surface area contributed by atoms with Crippen molar-refractivity contribution in [3.8, 4) is 0 Å². The lowest BCUT2D eigenvalue weighted by Crippen LogP contribution is -2.35. The number of alkyl halides is 1. The smallest absolute Gasteiger partial charge is 0.223 e. The molecule has 1 amide bonds. The van der Waals surface area contributed by atoms with Crippen LogP contribution in [0.2, 0.25) is 0 Å². The van der Waals surface area contributed by atoms with Crippen LogP contribution in [0.3, 0.4) is 0 Å². The van der Waals surface area contributed by atoms with Crippen molar-refractivity contribution in [3.05, 3.63) is 0 Å². The van der Waals surface area contributed by atoms with Gasteiger partial charge in [-0.2, -0.15) is 0 Å². The van der Waals surface area contributed by atoms with Gasteiger partial charge in [-0.25, -0.2) is 0 Å². The molecule has 1 rings (SSSR count). The van der Waals surface area contributed by atoms with Gasteiger partial charge in [-0.3, -0.25) is 4.79 Å².